The molecule has 0 saturated heterocycles. The molecule has 1 aliphatic heterocycles. The minimum atomic E-state index is -0.638. The van der Waals surface area contributed by atoms with Gasteiger partial charge in [0.25, 0.3) is 0 Å². The first-order valence-corrected chi connectivity index (χ1v) is 13.8. The van der Waals surface area contributed by atoms with Gasteiger partial charge in [0.2, 0.25) is 11.1 Å². The lowest BCUT2D eigenvalue weighted by Crippen LogP contribution is -2.29. The Morgan fingerprint density at radius 2 is 1.82 bits per heavy atom. The molecule has 3 aromatic carbocycles. The second-order valence-electron chi connectivity index (χ2n) is 8.89. The number of nitrogens with one attached hydrogen (secondary N) is 1. The molecule has 4 aromatic rings. The average Bonchev–Trinajstić information content (AvgIpc) is 3.34. The van der Waals surface area contributed by atoms with E-state index in [0.29, 0.717) is 39.4 Å². The minimum Gasteiger partial charge on any atom is -0.489 e. The first-order valence-electron chi connectivity index (χ1n) is 12.5. The van der Waals surface area contributed by atoms with Crippen molar-refractivity contribution in [2.75, 3.05) is 11.9 Å². The standard InChI is InChI=1S/C29H25ClF2N4O3S/c1-3-38-27(37)25-17(2)33-28-34-29(40-16-19-7-4-5-9-23(19)31)35-36(28)26(25)18-11-13-20(14-12-18)39-15-21-22(30)8-6-10-24(21)32/h4-14,26H,3,15-16H2,1-2H3,(H,33,34,35). The molecule has 0 amide bonds. The van der Waals surface area contributed by atoms with Gasteiger partial charge in [-0.15, -0.1) is 5.10 Å². The van der Waals surface area contributed by atoms with E-state index < -0.39 is 17.8 Å². The largest absolute Gasteiger partial charge is 0.489 e. The monoisotopic (exact) mass is 582 g/mol. The number of hydrogen-bond acceptors (Lipinski definition) is 7. The van der Waals surface area contributed by atoms with Crippen LogP contribution >= 0.6 is 23.4 Å². The lowest BCUT2D eigenvalue weighted by Gasteiger charge is -2.28. The summed E-state index contributed by atoms with van der Waals surface area (Å²) in [7, 11) is 0. The fraction of sp³-hybridized carbons (Fsp3) is 0.207. The Hall–Kier alpha value is -3.89. The van der Waals surface area contributed by atoms with Crippen molar-refractivity contribution in [3.63, 3.8) is 0 Å². The number of benzene rings is 3. The third-order valence-electron chi connectivity index (χ3n) is 6.28. The summed E-state index contributed by atoms with van der Waals surface area (Å²) >= 11 is 7.40. The van der Waals surface area contributed by atoms with Crippen molar-refractivity contribution in [2.24, 2.45) is 0 Å². The van der Waals surface area contributed by atoms with E-state index in [1.165, 1.54) is 30.0 Å². The minimum absolute atomic E-state index is 0.0406. The molecule has 1 N–H and O–H groups in total. The number of carbonyl (C=O) groups excluding carboxylic acids is 1. The van der Waals surface area contributed by atoms with E-state index in [2.05, 4.69) is 15.4 Å². The molecular formula is C29H25ClF2N4O3S. The van der Waals surface area contributed by atoms with Gasteiger partial charge in [0.15, 0.2) is 0 Å². The van der Waals surface area contributed by atoms with Crippen molar-refractivity contribution in [3.8, 4) is 5.75 Å². The van der Waals surface area contributed by atoms with E-state index in [9.17, 15) is 13.6 Å². The van der Waals surface area contributed by atoms with E-state index in [1.54, 1.807) is 67.1 Å². The third-order valence-corrected chi connectivity index (χ3v) is 7.52. The second-order valence-corrected chi connectivity index (χ2v) is 10.2. The van der Waals surface area contributed by atoms with E-state index in [1.807, 2.05) is 0 Å². The van der Waals surface area contributed by atoms with Crippen LogP contribution in [-0.4, -0.2) is 27.3 Å². The van der Waals surface area contributed by atoms with Crippen molar-refractivity contribution < 1.29 is 23.0 Å². The molecule has 206 valence electrons. The second kappa shape index (κ2) is 12.1. The number of anilines is 1. The fourth-order valence-electron chi connectivity index (χ4n) is 4.30. The maximum atomic E-state index is 14.1. The number of rotatable bonds is 9. The Morgan fingerprint density at radius 1 is 1.07 bits per heavy atom. The van der Waals surface area contributed by atoms with Crippen LogP contribution in [0, 0.1) is 11.6 Å². The fourth-order valence-corrected chi connectivity index (χ4v) is 5.34. The summed E-state index contributed by atoms with van der Waals surface area (Å²) in [4.78, 5) is 17.6. The summed E-state index contributed by atoms with van der Waals surface area (Å²) in [6.07, 6.45) is 0. The molecule has 40 heavy (non-hydrogen) atoms. The van der Waals surface area contributed by atoms with Crippen LogP contribution in [0.5, 0.6) is 5.75 Å². The first kappa shape index (κ1) is 27.7. The van der Waals surface area contributed by atoms with Gasteiger partial charge in [-0.2, -0.15) is 4.98 Å². The Labute approximate surface area is 239 Å². The van der Waals surface area contributed by atoms with Crippen LogP contribution in [0.3, 0.4) is 0 Å². The van der Waals surface area contributed by atoms with Crippen LogP contribution in [-0.2, 0) is 21.9 Å². The number of hydrogen-bond donors (Lipinski definition) is 1. The number of esters is 1. The predicted octanol–water partition coefficient (Wildman–Crippen LogP) is 6.93. The van der Waals surface area contributed by atoms with Crippen LogP contribution in [0.1, 0.15) is 36.6 Å². The van der Waals surface area contributed by atoms with Gasteiger partial charge in [0, 0.05) is 17.0 Å². The number of allylic oxidation sites excluding steroid dienone is 1. The van der Waals surface area contributed by atoms with Gasteiger partial charge in [-0.25, -0.2) is 18.3 Å². The van der Waals surface area contributed by atoms with Crippen molar-refractivity contribution >= 4 is 35.3 Å². The smallest absolute Gasteiger partial charge is 0.338 e. The maximum absolute atomic E-state index is 14.1. The van der Waals surface area contributed by atoms with Crippen LogP contribution in [0.2, 0.25) is 5.02 Å². The number of thioether (sulfide) groups is 1. The van der Waals surface area contributed by atoms with Crippen LogP contribution in [0.25, 0.3) is 0 Å². The van der Waals surface area contributed by atoms with Crippen molar-refractivity contribution in [1.82, 2.24) is 14.8 Å². The molecule has 0 aliphatic carbocycles. The summed E-state index contributed by atoms with van der Waals surface area (Å²) in [6.45, 7) is 3.69. The Balaban J connectivity index is 1.42. The number of carbonyl (C=O) groups is 1. The molecule has 0 radical (unpaired) electrons. The van der Waals surface area contributed by atoms with E-state index >= 15 is 0 Å². The molecule has 5 rings (SSSR count). The number of nitrogens with zero attached hydrogens (tertiary/aromatic N) is 3. The van der Waals surface area contributed by atoms with Crippen molar-refractivity contribution in [3.05, 3.63) is 111 Å². The molecule has 0 bridgehead atoms. The Kier molecular flexibility index (Phi) is 8.37. The molecular weight excluding hydrogens is 558 g/mol. The molecule has 0 spiro atoms. The number of aromatic nitrogens is 3. The highest BCUT2D eigenvalue weighted by Gasteiger charge is 2.35. The predicted molar refractivity (Wildman–Crippen MR) is 149 cm³/mol. The zero-order valence-electron chi connectivity index (χ0n) is 21.7. The van der Waals surface area contributed by atoms with Crippen LogP contribution in [0.4, 0.5) is 14.7 Å². The highest BCUT2D eigenvalue weighted by molar-refractivity contribution is 7.98. The Bertz CT molecular complexity index is 1560. The summed E-state index contributed by atoms with van der Waals surface area (Å²) in [5, 5.41) is 8.51. The van der Waals surface area contributed by atoms with E-state index in [0.717, 1.165) is 5.56 Å². The summed E-state index contributed by atoms with van der Waals surface area (Å²) < 4.78 is 41.0. The zero-order chi connectivity index (χ0) is 28.2. The first-order chi connectivity index (χ1) is 19.4. The molecule has 11 heteroatoms. The molecule has 1 unspecified atom stereocenters. The van der Waals surface area contributed by atoms with Gasteiger partial charge < -0.3 is 14.8 Å². The normalized spacial score (nSPS) is 14.5. The van der Waals surface area contributed by atoms with Gasteiger partial charge in [-0.05, 0) is 55.3 Å². The maximum Gasteiger partial charge on any atom is 0.338 e. The van der Waals surface area contributed by atoms with Crippen molar-refractivity contribution in [2.45, 2.75) is 37.4 Å². The molecule has 0 fully saturated rings. The number of fused-ring (bicyclic) bond motifs is 1. The highest BCUT2D eigenvalue weighted by atomic mass is 35.5. The lowest BCUT2D eigenvalue weighted by atomic mass is 9.96. The van der Waals surface area contributed by atoms with Crippen molar-refractivity contribution in [1.29, 1.82) is 0 Å². The number of ether oxygens (including phenoxy) is 2. The topological polar surface area (TPSA) is 78.3 Å². The van der Waals surface area contributed by atoms with Crippen LogP contribution < -0.4 is 10.1 Å². The molecule has 1 atom stereocenters. The van der Waals surface area contributed by atoms with E-state index in [4.69, 9.17) is 21.1 Å². The average molecular weight is 583 g/mol. The van der Waals surface area contributed by atoms with Gasteiger partial charge in [0.1, 0.15) is 30.0 Å². The molecule has 1 aromatic heterocycles. The molecule has 2 heterocycles. The summed E-state index contributed by atoms with van der Waals surface area (Å²) in [6, 6.07) is 17.4. The number of halogens is 3. The van der Waals surface area contributed by atoms with Gasteiger partial charge in [-0.1, -0.05) is 59.8 Å². The molecule has 1 aliphatic rings. The lowest BCUT2D eigenvalue weighted by molar-refractivity contribution is -0.139. The summed E-state index contributed by atoms with van der Waals surface area (Å²) in [5.41, 5.74) is 2.51. The third kappa shape index (κ3) is 5.83. The highest BCUT2D eigenvalue weighted by Crippen LogP contribution is 2.37. The van der Waals surface area contributed by atoms with Gasteiger partial charge in [0.05, 0.1) is 17.2 Å². The molecule has 0 saturated carbocycles. The summed E-state index contributed by atoms with van der Waals surface area (Å²) in [5.74, 6) is 0.0680. The van der Waals surface area contributed by atoms with E-state index in [-0.39, 0.29) is 29.6 Å². The van der Waals surface area contributed by atoms with Crippen LogP contribution in [0.15, 0.2) is 83.2 Å². The van der Waals surface area contributed by atoms with Gasteiger partial charge in [-0.3, -0.25) is 0 Å². The zero-order valence-corrected chi connectivity index (χ0v) is 23.2. The van der Waals surface area contributed by atoms with Gasteiger partial charge >= 0.3 is 5.97 Å². The quantitative estimate of drug-likeness (QED) is 0.169. The molecule has 7 nitrogen and oxygen atoms in total. The SMILES string of the molecule is CCOC(=O)C1=C(C)Nc2nc(SCc3ccccc3F)nn2C1c1ccc(OCc2c(F)cccc2Cl)cc1. The Morgan fingerprint density at radius 3 is 2.55 bits per heavy atom.